The summed E-state index contributed by atoms with van der Waals surface area (Å²) >= 11 is 0. The van der Waals surface area contributed by atoms with Gasteiger partial charge in [-0.2, -0.15) is 13.2 Å². The lowest BCUT2D eigenvalue weighted by Crippen LogP contribution is -2.18. The molecule has 0 bridgehead atoms. The maximum atomic E-state index is 11.9. The lowest BCUT2D eigenvalue weighted by atomic mass is 10.2. The molecule has 0 unspecified atom stereocenters. The number of halogens is 3. The molecule has 0 aromatic carbocycles. The average Bonchev–Trinajstić information content (AvgIpc) is 2.26. The first-order chi connectivity index (χ1) is 9.24. The Bertz CT molecular complexity index is 469. The van der Waals surface area contributed by atoms with Crippen LogP contribution in [0.3, 0.4) is 0 Å². The molecule has 0 aliphatic carbocycles. The number of aromatic nitrogens is 2. The van der Waals surface area contributed by atoms with Crippen molar-refractivity contribution in [3.63, 3.8) is 0 Å². The van der Waals surface area contributed by atoms with Crippen LogP contribution in [0.25, 0.3) is 0 Å². The first-order valence-corrected chi connectivity index (χ1v) is 5.69. The molecule has 0 amide bonds. The number of hydrogen-bond acceptors (Lipinski definition) is 6. The quantitative estimate of drug-likeness (QED) is 0.830. The fourth-order valence-electron chi connectivity index (χ4n) is 1.43. The molecule has 9 heteroatoms. The number of nitrogens with two attached hydrogens (primary N) is 1. The van der Waals surface area contributed by atoms with E-state index in [0.717, 1.165) is 0 Å². The van der Waals surface area contributed by atoms with Gasteiger partial charge in [0.15, 0.2) is 5.82 Å². The van der Waals surface area contributed by atoms with Crippen LogP contribution in [0.1, 0.15) is 28.8 Å². The third kappa shape index (κ3) is 4.65. The summed E-state index contributed by atoms with van der Waals surface area (Å²) in [4.78, 5) is 19.2. The second-order valence-electron chi connectivity index (χ2n) is 3.81. The van der Waals surface area contributed by atoms with Crippen LogP contribution in [0.2, 0.25) is 0 Å². The molecule has 0 aliphatic rings. The summed E-state index contributed by atoms with van der Waals surface area (Å²) in [5, 5.41) is 0. The number of esters is 1. The lowest BCUT2D eigenvalue weighted by molar-refractivity contribution is -0.177. The van der Waals surface area contributed by atoms with E-state index in [4.69, 9.17) is 10.5 Å². The smallest absolute Gasteiger partial charge is 0.411 e. The topological polar surface area (TPSA) is 87.3 Å². The molecular weight excluding hydrogens is 279 g/mol. The van der Waals surface area contributed by atoms with E-state index in [1.54, 1.807) is 6.92 Å². The number of rotatable bonds is 5. The van der Waals surface area contributed by atoms with Gasteiger partial charge >= 0.3 is 12.1 Å². The standard InChI is InChI=1S/C11H14F3N3O3/c1-3-20-10(18)8-6(2)16-7(17-9(8)15)4-19-5-11(12,13)14/h3-5H2,1-2H3,(H2,15,16,17). The van der Waals surface area contributed by atoms with E-state index in [1.165, 1.54) is 6.92 Å². The monoisotopic (exact) mass is 293 g/mol. The molecule has 0 saturated carbocycles. The third-order valence-corrected chi connectivity index (χ3v) is 2.14. The zero-order valence-corrected chi connectivity index (χ0v) is 11.0. The number of anilines is 1. The largest absolute Gasteiger partial charge is 0.462 e. The molecule has 0 fully saturated rings. The van der Waals surface area contributed by atoms with Crippen LogP contribution in [-0.4, -0.2) is 35.3 Å². The van der Waals surface area contributed by atoms with E-state index in [2.05, 4.69) is 14.7 Å². The van der Waals surface area contributed by atoms with Crippen molar-refractivity contribution in [1.82, 2.24) is 9.97 Å². The van der Waals surface area contributed by atoms with Gasteiger partial charge in [-0.15, -0.1) is 0 Å². The van der Waals surface area contributed by atoms with Crippen molar-refractivity contribution >= 4 is 11.8 Å². The molecule has 0 radical (unpaired) electrons. The molecular formula is C11H14F3N3O3. The number of alkyl halides is 3. The summed E-state index contributed by atoms with van der Waals surface area (Å²) in [7, 11) is 0. The fraction of sp³-hybridized carbons (Fsp3) is 0.545. The minimum Gasteiger partial charge on any atom is -0.462 e. The molecule has 1 rings (SSSR count). The summed E-state index contributed by atoms with van der Waals surface area (Å²) in [5.41, 5.74) is 5.81. The lowest BCUT2D eigenvalue weighted by Gasteiger charge is -2.10. The molecule has 112 valence electrons. The van der Waals surface area contributed by atoms with Crippen molar-refractivity contribution in [2.24, 2.45) is 0 Å². The summed E-state index contributed by atoms with van der Waals surface area (Å²) in [5.74, 6) is -0.857. The van der Waals surface area contributed by atoms with E-state index in [0.29, 0.717) is 0 Å². The van der Waals surface area contributed by atoms with E-state index in [9.17, 15) is 18.0 Å². The maximum Gasteiger partial charge on any atom is 0.411 e. The molecule has 0 spiro atoms. The van der Waals surface area contributed by atoms with Gasteiger partial charge in [0.1, 0.15) is 24.6 Å². The first kappa shape index (κ1) is 16.2. The molecule has 6 nitrogen and oxygen atoms in total. The number of nitrogen functional groups attached to an aromatic ring is 1. The highest BCUT2D eigenvalue weighted by molar-refractivity contribution is 5.95. The van der Waals surface area contributed by atoms with Crippen molar-refractivity contribution in [3.05, 3.63) is 17.1 Å². The highest BCUT2D eigenvalue weighted by atomic mass is 19.4. The van der Waals surface area contributed by atoms with Gasteiger partial charge < -0.3 is 15.2 Å². The molecule has 2 N–H and O–H groups in total. The summed E-state index contributed by atoms with van der Waals surface area (Å²) in [6.07, 6.45) is -4.43. The Morgan fingerprint density at radius 3 is 2.50 bits per heavy atom. The van der Waals surface area contributed by atoms with Crippen LogP contribution in [0.4, 0.5) is 19.0 Å². The van der Waals surface area contributed by atoms with Gasteiger partial charge in [0.25, 0.3) is 0 Å². The molecule has 20 heavy (non-hydrogen) atoms. The number of aryl methyl sites for hydroxylation is 1. The van der Waals surface area contributed by atoms with Crippen LogP contribution in [0.15, 0.2) is 0 Å². The number of hydrogen-bond donors (Lipinski definition) is 1. The Labute approximate surface area is 113 Å². The summed E-state index contributed by atoms with van der Waals surface area (Å²) in [6, 6.07) is 0. The van der Waals surface area contributed by atoms with Gasteiger partial charge in [0, 0.05) is 0 Å². The molecule has 1 heterocycles. The Hall–Kier alpha value is -1.90. The Morgan fingerprint density at radius 1 is 1.35 bits per heavy atom. The SMILES string of the molecule is CCOC(=O)c1c(C)nc(COCC(F)(F)F)nc1N. The fourth-order valence-corrected chi connectivity index (χ4v) is 1.43. The van der Waals surface area contributed by atoms with Crippen LogP contribution < -0.4 is 5.73 Å². The molecule has 1 aromatic rings. The molecule has 0 saturated heterocycles. The van der Waals surface area contributed by atoms with Gasteiger partial charge in [-0.25, -0.2) is 14.8 Å². The second-order valence-corrected chi connectivity index (χ2v) is 3.81. The van der Waals surface area contributed by atoms with Crippen LogP contribution >= 0.6 is 0 Å². The normalized spacial score (nSPS) is 11.4. The van der Waals surface area contributed by atoms with Crippen LogP contribution in [0.5, 0.6) is 0 Å². The number of carbonyl (C=O) groups is 1. The number of nitrogens with zero attached hydrogens (tertiary/aromatic N) is 2. The van der Waals surface area contributed by atoms with Crippen LogP contribution in [-0.2, 0) is 16.1 Å². The molecule has 0 aliphatic heterocycles. The Balaban J connectivity index is 2.80. The number of ether oxygens (including phenoxy) is 2. The highest BCUT2D eigenvalue weighted by Crippen LogP contribution is 2.17. The Morgan fingerprint density at radius 2 is 2.00 bits per heavy atom. The van der Waals surface area contributed by atoms with Crippen molar-refractivity contribution < 1.29 is 27.4 Å². The summed E-state index contributed by atoms with van der Waals surface area (Å²) in [6.45, 7) is 1.41. The van der Waals surface area contributed by atoms with Gasteiger partial charge in [0.05, 0.1) is 12.3 Å². The predicted octanol–water partition coefficient (Wildman–Crippen LogP) is 1.62. The highest BCUT2D eigenvalue weighted by Gasteiger charge is 2.27. The van der Waals surface area contributed by atoms with Gasteiger partial charge in [-0.1, -0.05) is 0 Å². The Kier molecular flexibility index (Phi) is 5.26. The zero-order chi connectivity index (χ0) is 15.3. The van der Waals surface area contributed by atoms with Gasteiger partial charge in [0.2, 0.25) is 0 Å². The minimum absolute atomic E-state index is 0.00595. The van der Waals surface area contributed by atoms with Crippen molar-refractivity contribution in [2.75, 3.05) is 18.9 Å². The average molecular weight is 293 g/mol. The van der Waals surface area contributed by atoms with Crippen molar-refractivity contribution in [2.45, 2.75) is 26.6 Å². The zero-order valence-electron chi connectivity index (χ0n) is 11.0. The maximum absolute atomic E-state index is 11.9. The third-order valence-electron chi connectivity index (χ3n) is 2.14. The van der Waals surface area contributed by atoms with E-state index in [1.807, 2.05) is 0 Å². The summed E-state index contributed by atoms with van der Waals surface area (Å²) < 4.78 is 45.0. The van der Waals surface area contributed by atoms with Gasteiger partial charge in [-0.3, -0.25) is 0 Å². The number of carbonyl (C=O) groups excluding carboxylic acids is 1. The van der Waals surface area contributed by atoms with Crippen molar-refractivity contribution in [3.8, 4) is 0 Å². The van der Waals surface area contributed by atoms with E-state index in [-0.39, 0.29) is 29.5 Å². The minimum atomic E-state index is -4.43. The first-order valence-electron chi connectivity index (χ1n) is 5.69. The predicted molar refractivity (Wildman–Crippen MR) is 62.8 cm³/mol. The van der Waals surface area contributed by atoms with E-state index < -0.39 is 25.4 Å². The van der Waals surface area contributed by atoms with E-state index >= 15 is 0 Å². The second kappa shape index (κ2) is 6.51. The van der Waals surface area contributed by atoms with Gasteiger partial charge in [-0.05, 0) is 13.8 Å². The molecule has 1 aromatic heterocycles. The van der Waals surface area contributed by atoms with Crippen molar-refractivity contribution in [1.29, 1.82) is 0 Å². The molecule has 0 atom stereocenters. The van der Waals surface area contributed by atoms with Crippen LogP contribution in [0, 0.1) is 6.92 Å².